The van der Waals surface area contributed by atoms with Crippen molar-refractivity contribution in [2.45, 2.75) is 31.6 Å². The Kier molecular flexibility index (Phi) is 8.17. The average Bonchev–Trinajstić information content (AvgIpc) is 3.14. The van der Waals surface area contributed by atoms with Crippen molar-refractivity contribution in [3.63, 3.8) is 0 Å². The number of carbonyl (C=O) groups is 1. The van der Waals surface area contributed by atoms with Crippen LogP contribution >= 0.6 is 34.7 Å². The lowest BCUT2D eigenvalue weighted by Crippen LogP contribution is -2.36. The molecule has 0 spiro atoms. The summed E-state index contributed by atoms with van der Waals surface area (Å²) in [7, 11) is 4.05. The van der Waals surface area contributed by atoms with Crippen molar-refractivity contribution in [2.75, 3.05) is 37.8 Å². The van der Waals surface area contributed by atoms with Gasteiger partial charge in [0, 0.05) is 29.4 Å². The number of carbonyl (C=O) groups excluding carboxylic acids is 1. The van der Waals surface area contributed by atoms with E-state index in [2.05, 4.69) is 30.9 Å². The Hall–Kier alpha value is -1.60. The molecular formula is C23H28ClN3OS2. The van der Waals surface area contributed by atoms with Gasteiger partial charge < -0.3 is 4.90 Å². The van der Waals surface area contributed by atoms with E-state index < -0.39 is 0 Å². The van der Waals surface area contributed by atoms with Crippen LogP contribution in [-0.2, 0) is 4.79 Å². The smallest absolute Gasteiger partial charge is 0.228 e. The molecule has 0 fully saturated rings. The van der Waals surface area contributed by atoms with Gasteiger partial charge in [-0.25, -0.2) is 4.98 Å². The van der Waals surface area contributed by atoms with Crippen LogP contribution in [0.1, 0.15) is 24.0 Å². The van der Waals surface area contributed by atoms with Crippen molar-refractivity contribution >= 4 is 56.0 Å². The number of aromatic nitrogens is 1. The van der Waals surface area contributed by atoms with Crippen LogP contribution in [-0.4, -0.2) is 48.7 Å². The Bertz CT molecular complexity index is 1000. The Morgan fingerprint density at radius 1 is 1.10 bits per heavy atom. The highest BCUT2D eigenvalue weighted by molar-refractivity contribution is 7.99. The normalized spacial score (nSPS) is 11.4. The molecule has 30 heavy (non-hydrogen) atoms. The SMILES string of the molecule is Cc1ccc2sc(N(CCN(C)C)C(=O)CCCSc3ccc(Cl)cc3)nc2c1C. The van der Waals surface area contributed by atoms with Gasteiger partial charge in [0.25, 0.3) is 0 Å². The molecule has 3 aromatic rings. The van der Waals surface area contributed by atoms with Gasteiger partial charge in [-0.3, -0.25) is 9.69 Å². The third kappa shape index (κ3) is 5.97. The van der Waals surface area contributed by atoms with Crippen LogP contribution in [0.3, 0.4) is 0 Å². The Morgan fingerprint density at radius 3 is 2.53 bits per heavy atom. The molecule has 0 radical (unpaired) electrons. The molecule has 2 aromatic carbocycles. The predicted molar refractivity (Wildman–Crippen MR) is 131 cm³/mol. The molecule has 0 aliphatic heterocycles. The Labute approximate surface area is 192 Å². The van der Waals surface area contributed by atoms with E-state index >= 15 is 0 Å². The fourth-order valence-electron chi connectivity index (χ4n) is 3.04. The first-order chi connectivity index (χ1) is 14.3. The molecule has 0 saturated carbocycles. The van der Waals surface area contributed by atoms with Gasteiger partial charge in [-0.2, -0.15) is 0 Å². The monoisotopic (exact) mass is 461 g/mol. The lowest BCUT2D eigenvalue weighted by atomic mass is 10.1. The van der Waals surface area contributed by atoms with Crippen LogP contribution in [0.25, 0.3) is 10.2 Å². The predicted octanol–water partition coefficient (Wildman–Crippen LogP) is 6.03. The number of benzene rings is 2. The lowest BCUT2D eigenvalue weighted by Gasteiger charge is -2.22. The molecule has 1 heterocycles. The second kappa shape index (κ2) is 10.6. The van der Waals surface area contributed by atoms with Crippen LogP contribution in [0.4, 0.5) is 5.13 Å². The first kappa shape index (κ1) is 23.1. The number of hydrogen-bond acceptors (Lipinski definition) is 5. The van der Waals surface area contributed by atoms with Gasteiger partial charge >= 0.3 is 0 Å². The number of anilines is 1. The van der Waals surface area contributed by atoms with Crippen molar-refractivity contribution < 1.29 is 4.79 Å². The number of fused-ring (bicyclic) bond motifs is 1. The number of likely N-dealkylation sites (N-methyl/N-ethyl adjacent to an activating group) is 1. The standard InChI is InChI=1S/C23H28ClN3OS2/c1-16-7-12-20-22(17(16)2)25-23(30-20)27(14-13-26(3)4)21(28)6-5-15-29-19-10-8-18(24)9-11-19/h7-12H,5-6,13-15H2,1-4H3. The van der Waals surface area contributed by atoms with Crippen molar-refractivity contribution in [2.24, 2.45) is 0 Å². The minimum atomic E-state index is 0.141. The summed E-state index contributed by atoms with van der Waals surface area (Å²) in [6, 6.07) is 12.1. The summed E-state index contributed by atoms with van der Waals surface area (Å²) in [5, 5.41) is 1.54. The fourth-order valence-corrected chi connectivity index (χ4v) is 5.08. The summed E-state index contributed by atoms with van der Waals surface area (Å²) in [5.41, 5.74) is 3.43. The Balaban J connectivity index is 1.67. The van der Waals surface area contributed by atoms with Gasteiger partial charge in [0.2, 0.25) is 5.91 Å². The quantitative estimate of drug-likeness (QED) is 0.288. The molecule has 0 aliphatic rings. The first-order valence-electron chi connectivity index (χ1n) is 10.1. The van der Waals surface area contributed by atoms with Crippen LogP contribution in [0, 0.1) is 13.8 Å². The van der Waals surface area contributed by atoms with Crippen LogP contribution in [0.5, 0.6) is 0 Å². The molecule has 3 rings (SSSR count). The molecule has 0 saturated heterocycles. The number of rotatable bonds is 9. The lowest BCUT2D eigenvalue weighted by molar-refractivity contribution is -0.118. The molecule has 0 aliphatic carbocycles. The van der Waals surface area contributed by atoms with Crippen molar-refractivity contribution in [1.82, 2.24) is 9.88 Å². The maximum absolute atomic E-state index is 13.1. The largest absolute Gasteiger partial charge is 0.308 e. The summed E-state index contributed by atoms with van der Waals surface area (Å²) in [5.74, 6) is 1.04. The third-order valence-corrected chi connectivity index (χ3v) is 7.39. The highest BCUT2D eigenvalue weighted by atomic mass is 35.5. The van der Waals surface area contributed by atoms with E-state index in [-0.39, 0.29) is 5.91 Å². The molecule has 0 N–H and O–H groups in total. The van der Waals surface area contributed by atoms with E-state index in [9.17, 15) is 4.79 Å². The number of hydrogen-bond donors (Lipinski definition) is 0. The van der Waals surface area contributed by atoms with E-state index in [1.54, 1.807) is 23.1 Å². The van der Waals surface area contributed by atoms with Gasteiger partial charge in [0.1, 0.15) is 0 Å². The van der Waals surface area contributed by atoms with Gasteiger partial charge in [-0.1, -0.05) is 29.0 Å². The van der Waals surface area contributed by atoms with E-state index in [4.69, 9.17) is 16.6 Å². The summed E-state index contributed by atoms with van der Waals surface area (Å²) in [4.78, 5) is 23.1. The van der Waals surface area contributed by atoms with Crippen LogP contribution in [0.15, 0.2) is 41.3 Å². The molecule has 0 unspecified atom stereocenters. The minimum Gasteiger partial charge on any atom is -0.308 e. The zero-order valence-corrected chi connectivity index (χ0v) is 20.3. The number of aryl methyl sites for hydroxylation is 2. The molecule has 4 nitrogen and oxygen atoms in total. The fraction of sp³-hybridized carbons (Fsp3) is 0.391. The first-order valence-corrected chi connectivity index (χ1v) is 12.2. The molecule has 1 amide bonds. The molecule has 0 atom stereocenters. The number of amides is 1. The molecular weight excluding hydrogens is 434 g/mol. The summed E-state index contributed by atoms with van der Waals surface area (Å²) in [6.45, 7) is 5.65. The number of halogens is 1. The number of nitrogens with zero attached hydrogens (tertiary/aromatic N) is 3. The number of thiazole rings is 1. The molecule has 1 aromatic heterocycles. The zero-order valence-electron chi connectivity index (χ0n) is 17.9. The van der Waals surface area contributed by atoms with Gasteiger partial charge in [0.05, 0.1) is 10.2 Å². The molecule has 0 bridgehead atoms. The van der Waals surface area contributed by atoms with Crippen molar-refractivity contribution in [3.05, 3.63) is 52.5 Å². The van der Waals surface area contributed by atoms with E-state index in [0.717, 1.165) is 39.1 Å². The zero-order chi connectivity index (χ0) is 21.7. The van der Waals surface area contributed by atoms with Crippen molar-refractivity contribution in [3.8, 4) is 0 Å². The molecule has 7 heteroatoms. The van der Waals surface area contributed by atoms with E-state index in [0.29, 0.717) is 13.0 Å². The van der Waals surface area contributed by atoms with Crippen LogP contribution in [0.2, 0.25) is 5.02 Å². The minimum absolute atomic E-state index is 0.141. The van der Waals surface area contributed by atoms with Gasteiger partial charge in [-0.05, 0) is 81.6 Å². The average molecular weight is 462 g/mol. The van der Waals surface area contributed by atoms with Crippen LogP contribution < -0.4 is 4.90 Å². The number of thioether (sulfide) groups is 1. The highest BCUT2D eigenvalue weighted by Crippen LogP contribution is 2.32. The second-order valence-corrected chi connectivity index (χ2v) is 10.2. The van der Waals surface area contributed by atoms with Gasteiger partial charge in [0.15, 0.2) is 5.13 Å². The topological polar surface area (TPSA) is 36.4 Å². The highest BCUT2D eigenvalue weighted by Gasteiger charge is 2.20. The van der Waals surface area contributed by atoms with E-state index in [1.165, 1.54) is 16.0 Å². The Morgan fingerprint density at radius 2 is 1.83 bits per heavy atom. The summed E-state index contributed by atoms with van der Waals surface area (Å²) in [6.07, 6.45) is 1.34. The van der Waals surface area contributed by atoms with E-state index in [1.807, 2.05) is 43.3 Å². The third-order valence-electron chi connectivity index (χ3n) is 4.99. The van der Waals surface area contributed by atoms with Crippen molar-refractivity contribution in [1.29, 1.82) is 0 Å². The van der Waals surface area contributed by atoms with Gasteiger partial charge in [-0.15, -0.1) is 11.8 Å². The molecule has 160 valence electrons. The maximum Gasteiger partial charge on any atom is 0.228 e. The second-order valence-electron chi connectivity index (χ2n) is 7.61. The summed E-state index contributed by atoms with van der Waals surface area (Å²) < 4.78 is 1.13. The summed E-state index contributed by atoms with van der Waals surface area (Å²) >= 11 is 9.30. The maximum atomic E-state index is 13.1.